The fraction of sp³-hybridized carbons (Fsp3) is 0.212. The van der Waals surface area contributed by atoms with E-state index >= 15 is 0 Å². The molecule has 0 aromatic heterocycles. The third-order valence-corrected chi connectivity index (χ3v) is 8.71. The molecule has 1 unspecified atom stereocenters. The minimum atomic E-state index is -0.183. The number of nitrogens with one attached hydrogen (secondary N) is 1. The summed E-state index contributed by atoms with van der Waals surface area (Å²) in [6.45, 7) is 4.46. The monoisotopic (exact) mass is 642 g/mol. The molecule has 0 aliphatic carbocycles. The molecule has 2 heterocycles. The van der Waals surface area contributed by atoms with E-state index in [4.69, 9.17) is 0 Å². The second-order valence-electron chi connectivity index (χ2n) is 10.5. The van der Waals surface area contributed by atoms with E-state index in [9.17, 15) is 9.59 Å². The van der Waals surface area contributed by atoms with Gasteiger partial charge in [-0.3, -0.25) is 14.5 Å². The number of fused-ring (bicyclic) bond motifs is 2. The van der Waals surface area contributed by atoms with Gasteiger partial charge in [0.25, 0.3) is 11.8 Å². The Labute approximate surface area is 248 Å². The Bertz CT molecular complexity index is 1560. The van der Waals surface area contributed by atoms with E-state index in [0.29, 0.717) is 23.4 Å². The number of piperazine rings is 1. The zero-order valence-electron chi connectivity index (χ0n) is 22.4. The van der Waals surface area contributed by atoms with E-state index in [2.05, 4.69) is 63.0 Å². The molecule has 4 aromatic rings. The van der Waals surface area contributed by atoms with Gasteiger partial charge in [0.2, 0.25) is 0 Å². The van der Waals surface area contributed by atoms with Gasteiger partial charge in [0.1, 0.15) is 0 Å². The lowest BCUT2D eigenvalue weighted by molar-refractivity contribution is 0.0843. The summed E-state index contributed by atoms with van der Waals surface area (Å²) in [7, 11) is 2.15. The number of amides is 2. The first kappa shape index (κ1) is 26.7. The zero-order valence-corrected chi connectivity index (χ0v) is 24.5. The first-order valence-electron chi connectivity index (χ1n) is 13.6. The number of likely N-dealkylation sites (N-methyl/N-ethyl adjacent to an activating group) is 1. The lowest BCUT2D eigenvalue weighted by atomic mass is 9.99. The van der Waals surface area contributed by atoms with Gasteiger partial charge < -0.3 is 15.1 Å². The largest absolute Gasteiger partial charge is 0.322 e. The first-order valence-corrected chi connectivity index (χ1v) is 14.6. The maximum absolute atomic E-state index is 14.1. The molecular weight excluding hydrogens is 611 g/mol. The van der Waals surface area contributed by atoms with Gasteiger partial charge >= 0.3 is 0 Å². The average molecular weight is 643 g/mol. The maximum atomic E-state index is 14.1. The van der Waals surface area contributed by atoms with Crippen molar-refractivity contribution in [1.29, 1.82) is 0 Å². The molecule has 6 rings (SSSR count). The molecule has 2 aliphatic heterocycles. The summed E-state index contributed by atoms with van der Waals surface area (Å²) in [5.74, 6) is -0.198. The van der Waals surface area contributed by atoms with Crippen molar-refractivity contribution in [1.82, 2.24) is 9.80 Å². The van der Waals surface area contributed by atoms with Gasteiger partial charge in [-0.05, 0) is 76.7 Å². The van der Waals surface area contributed by atoms with Crippen molar-refractivity contribution in [3.8, 4) is 11.1 Å². The van der Waals surface area contributed by atoms with Crippen LogP contribution in [0.1, 0.15) is 26.3 Å². The topological polar surface area (TPSA) is 55.9 Å². The molecule has 0 spiro atoms. The summed E-state index contributed by atoms with van der Waals surface area (Å²) in [5.41, 5.74) is 5.93. The summed E-state index contributed by atoms with van der Waals surface area (Å²) < 4.78 is 0.802. The van der Waals surface area contributed by atoms with Crippen LogP contribution >= 0.6 is 22.6 Å². The van der Waals surface area contributed by atoms with Gasteiger partial charge in [0.05, 0.1) is 5.56 Å². The average Bonchev–Trinajstić information content (AvgIpc) is 3.14. The van der Waals surface area contributed by atoms with Crippen molar-refractivity contribution < 1.29 is 9.59 Å². The highest BCUT2D eigenvalue weighted by molar-refractivity contribution is 14.1. The third-order valence-electron chi connectivity index (χ3n) is 7.82. The van der Waals surface area contributed by atoms with Crippen molar-refractivity contribution in [2.45, 2.75) is 12.6 Å². The molecule has 6 nitrogen and oxygen atoms in total. The van der Waals surface area contributed by atoms with Crippen molar-refractivity contribution in [3.05, 3.63) is 117 Å². The number of anilines is 2. The molecule has 1 saturated heterocycles. The minimum Gasteiger partial charge on any atom is -0.322 e. The predicted octanol–water partition coefficient (Wildman–Crippen LogP) is 5.99. The van der Waals surface area contributed by atoms with Crippen LogP contribution in [0.5, 0.6) is 0 Å². The van der Waals surface area contributed by atoms with E-state index in [1.807, 2.05) is 83.8 Å². The highest BCUT2D eigenvalue weighted by atomic mass is 127. The number of hydrogen-bond acceptors (Lipinski definition) is 4. The van der Waals surface area contributed by atoms with Crippen LogP contribution in [0.25, 0.3) is 11.1 Å². The Kier molecular flexibility index (Phi) is 7.69. The molecule has 4 aromatic carbocycles. The van der Waals surface area contributed by atoms with Crippen molar-refractivity contribution in [2.75, 3.05) is 43.4 Å². The third kappa shape index (κ3) is 5.41. The van der Waals surface area contributed by atoms with E-state index in [0.717, 1.165) is 46.6 Å². The summed E-state index contributed by atoms with van der Waals surface area (Å²) >= 11 is 2.21. The van der Waals surface area contributed by atoms with Crippen molar-refractivity contribution in [2.24, 2.45) is 0 Å². The van der Waals surface area contributed by atoms with Gasteiger partial charge in [-0.1, -0.05) is 66.7 Å². The van der Waals surface area contributed by atoms with Crippen LogP contribution in [0.15, 0.2) is 97.1 Å². The van der Waals surface area contributed by atoms with E-state index in [1.54, 1.807) is 0 Å². The molecule has 40 heavy (non-hydrogen) atoms. The Balaban J connectivity index is 1.25. The quantitative estimate of drug-likeness (QED) is 0.278. The fourth-order valence-electron chi connectivity index (χ4n) is 5.72. The second kappa shape index (κ2) is 11.5. The van der Waals surface area contributed by atoms with Gasteiger partial charge in [0, 0.05) is 59.3 Å². The SMILES string of the molecule is CN1CCN2Cc3ccccc3N(C(=O)c3ccc(NC(=O)c4ccccc4-c4ccccc4)cc3I)CC2C1. The van der Waals surface area contributed by atoms with Crippen LogP contribution in [0.4, 0.5) is 11.4 Å². The molecule has 7 heteroatoms. The summed E-state index contributed by atoms with van der Waals surface area (Å²) in [5, 5.41) is 3.04. The Hall–Kier alpha value is -3.53. The molecular formula is C33H31IN4O2. The molecule has 2 amide bonds. The van der Waals surface area contributed by atoms with E-state index in [-0.39, 0.29) is 17.9 Å². The van der Waals surface area contributed by atoms with Crippen molar-refractivity contribution >= 4 is 45.8 Å². The summed E-state index contributed by atoms with van der Waals surface area (Å²) in [4.78, 5) is 34.2. The number of carbonyl (C=O) groups excluding carboxylic acids is 2. The van der Waals surface area contributed by atoms with E-state index in [1.165, 1.54) is 5.56 Å². The molecule has 0 saturated carbocycles. The standard InChI is InChI=1S/C33H31IN4O2/c1-36-17-18-37-20-24-11-5-8-14-31(24)38(22-26(37)21-36)33(40)29-16-15-25(19-30(29)34)35-32(39)28-13-7-6-12-27(28)23-9-3-2-4-10-23/h2-16,19,26H,17-18,20-22H2,1H3,(H,35,39). The Morgan fingerprint density at radius 3 is 2.40 bits per heavy atom. The van der Waals surface area contributed by atoms with Crippen molar-refractivity contribution in [3.63, 3.8) is 0 Å². The molecule has 0 bridgehead atoms. The second-order valence-corrected chi connectivity index (χ2v) is 11.7. The molecule has 0 radical (unpaired) electrons. The van der Waals surface area contributed by atoms with Gasteiger partial charge in [-0.2, -0.15) is 0 Å². The molecule has 1 fully saturated rings. The Morgan fingerprint density at radius 2 is 1.57 bits per heavy atom. The first-order chi connectivity index (χ1) is 19.5. The van der Waals surface area contributed by atoms with E-state index < -0.39 is 0 Å². The number of rotatable bonds is 4. The molecule has 1 N–H and O–H groups in total. The van der Waals surface area contributed by atoms with Crippen LogP contribution in [0, 0.1) is 3.57 Å². The van der Waals surface area contributed by atoms with Gasteiger partial charge in [0.15, 0.2) is 0 Å². The lowest BCUT2D eigenvalue weighted by Crippen LogP contribution is -2.55. The normalized spacial score (nSPS) is 17.4. The molecule has 202 valence electrons. The van der Waals surface area contributed by atoms with Gasteiger partial charge in [-0.25, -0.2) is 0 Å². The number of benzene rings is 4. The maximum Gasteiger partial charge on any atom is 0.259 e. The van der Waals surface area contributed by atoms with Gasteiger partial charge in [-0.15, -0.1) is 0 Å². The highest BCUT2D eigenvalue weighted by Gasteiger charge is 2.34. The predicted molar refractivity (Wildman–Crippen MR) is 169 cm³/mol. The van der Waals surface area contributed by atoms with Crippen LogP contribution in [-0.2, 0) is 6.54 Å². The number of hydrogen-bond donors (Lipinski definition) is 1. The molecule has 1 atom stereocenters. The zero-order chi connectivity index (χ0) is 27.6. The summed E-state index contributed by atoms with van der Waals surface area (Å²) in [6.07, 6.45) is 0. The Morgan fingerprint density at radius 1 is 0.825 bits per heavy atom. The summed E-state index contributed by atoms with van der Waals surface area (Å²) in [6, 6.07) is 31.6. The highest BCUT2D eigenvalue weighted by Crippen LogP contribution is 2.31. The molecule has 2 aliphatic rings. The van der Waals surface area contributed by atoms with Crippen LogP contribution in [0.3, 0.4) is 0 Å². The van der Waals surface area contributed by atoms with Crippen LogP contribution < -0.4 is 10.2 Å². The number of halogens is 1. The minimum absolute atomic E-state index is 0.0146. The van der Waals surface area contributed by atoms with Crippen LogP contribution in [-0.4, -0.2) is 60.9 Å². The smallest absolute Gasteiger partial charge is 0.259 e. The van der Waals surface area contributed by atoms with Crippen LogP contribution in [0.2, 0.25) is 0 Å². The number of nitrogens with zero attached hydrogens (tertiary/aromatic N) is 3. The lowest BCUT2D eigenvalue weighted by Gasteiger charge is -2.39. The number of para-hydroxylation sites is 1. The fourth-order valence-corrected chi connectivity index (χ4v) is 6.46. The number of carbonyl (C=O) groups is 2.